The van der Waals surface area contributed by atoms with Crippen molar-refractivity contribution in [2.45, 2.75) is 19.5 Å². The first kappa shape index (κ1) is 16.2. The number of rotatable bonds is 4. The quantitative estimate of drug-likeness (QED) is 0.806. The average Bonchev–Trinajstić information content (AvgIpc) is 2.93. The van der Waals surface area contributed by atoms with Gasteiger partial charge in [0.25, 0.3) is 0 Å². The molecule has 0 aliphatic heterocycles. The van der Waals surface area contributed by atoms with Gasteiger partial charge in [-0.3, -0.25) is 9.48 Å². The van der Waals surface area contributed by atoms with Gasteiger partial charge in [-0.25, -0.2) is 0 Å². The minimum atomic E-state index is -2.92. The molecule has 0 saturated heterocycles. The lowest BCUT2D eigenvalue weighted by Crippen LogP contribution is -2.15. The number of alkyl halides is 2. The summed E-state index contributed by atoms with van der Waals surface area (Å²) in [5.41, 5.74) is 2.87. The number of ketones is 1. The maximum Gasteiger partial charge on any atom is 0.387 e. The highest BCUT2D eigenvalue weighted by molar-refractivity contribution is 6.12. The molecule has 1 aliphatic rings. The Morgan fingerprint density at radius 2 is 2.08 bits per heavy atom. The number of nitrogens with zero attached hydrogens (tertiary/aromatic N) is 2. The largest absolute Gasteiger partial charge is 0.493 e. The van der Waals surface area contributed by atoms with Gasteiger partial charge in [-0.05, 0) is 36.6 Å². The molecule has 0 saturated carbocycles. The van der Waals surface area contributed by atoms with Crippen LogP contribution >= 0.6 is 0 Å². The molecular weight excluding hydrogens is 318 g/mol. The summed E-state index contributed by atoms with van der Waals surface area (Å²) in [5, 5.41) is 4.12. The highest BCUT2D eigenvalue weighted by Crippen LogP contribution is 2.32. The van der Waals surface area contributed by atoms with E-state index in [4.69, 9.17) is 4.74 Å². The van der Waals surface area contributed by atoms with Gasteiger partial charge in [-0.1, -0.05) is 6.07 Å². The van der Waals surface area contributed by atoms with Crippen molar-refractivity contribution in [1.29, 1.82) is 0 Å². The number of benzene rings is 1. The first-order chi connectivity index (χ1) is 11.5. The Hall–Kier alpha value is -2.70. The third-order valence-electron chi connectivity index (χ3n) is 3.97. The topological polar surface area (TPSA) is 53.4 Å². The SMILES string of the molecule is COc1cc(/C=C2/CCc3c(cnn3C)C2=O)ccc1OC(F)F. The van der Waals surface area contributed by atoms with E-state index in [1.165, 1.54) is 13.2 Å². The number of ether oxygens (including phenoxy) is 2. The predicted molar refractivity (Wildman–Crippen MR) is 83.5 cm³/mol. The molecule has 1 aromatic carbocycles. The number of carbonyl (C=O) groups is 1. The zero-order valence-electron chi connectivity index (χ0n) is 13.3. The maximum absolute atomic E-state index is 12.5. The molecule has 0 N–H and O–H groups in total. The Labute approximate surface area is 137 Å². The zero-order chi connectivity index (χ0) is 17.3. The Morgan fingerprint density at radius 1 is 1.29 bits per heavy atom. The molecule has 0 bridgehead atoms. The third-order valence-corrected chi connectivity index (χ3v) is 3.97. The second-order valence-corrected chi connectivity index (χ2v) is 5.42. The molecule has 126 valence electrons. The van der Waals surface area contributed by atoms with E-state index in [2.05, 4.69) is 9.84 Å². The van der Waals surface area contributed by atoms with Crippen molar-refractivity contribution < 1.29 is 23.0 Å². The number of Topliss-reactive ketones (excluding diaryl/α,β-unsaturated/α-hetero) is 1. The van der Waals surface area contributed by atoms with Crippen molar-refractivity contribution in [3.8, 4) is 11.5 Å². The van der Waals surface area contributed by atoms with Crippen molar-refractivity contribution in [3.63, 3.8) is 0 Å². The molecule has 3 rings (SSSR count). The normalized spacial score (nSPS) is 15.7. The molecule has 0 radical (unpaired) electrons. The Balaban J connectivity index is 1.90. The van der Waals surface area contributed by atoms with Crippen LogP contribution in [0.15, 0.2) is 30.0 Å². The van der Waals surface area contributed by atoms with Gasteiger partial charge in [0.1, 0.15) is 0 Å². The predicted octanol–water partition coefficient (Wildman–Crippen LogP) is 3.24. The number of allylic oxidation sites excluding steroid dienone is 1. The lowest BCUT2D eigenvalue weighted by atomic mass is 9.90. The molecule has 0 spiro atoms. The second kappa shape index (κ2) is 6.43. The third kappa shape index (κ3) is 3.02. The summed E-state index contributed by atoms with van der Waals surface area (Å²) in [4.78, 5) is 12.5. The van der Waals surface area contributed by atoms with E-state index >= 15 is 0 Å². The van der Waals surface area contributed by atoms with Crippen molar-refractivity contribution in [1.82, 2.24) is 9.78 Å². The summed E-state index contributed by atoms with van der Waals surface area (Å²) in [6.45, 7) is -2.92. The van der Waals surface area contributed by atoms with Gasteiger partial charge in [-0.2, -0.15) is 13.9 Å². The van der Waals surface area contributed by atoms with E-state index in [1.54, 1.807) is 29.1 Å². The standard InChI is InChI=1S/C17H16F2N2O3/c1-21-13-5-4-11(16(22)12(13)9-20-21)7-10-3-6-14(24-17(18)19)15(8-10)23-2/h3,6-9,17H,4-5H2,1-2H3/b11-7-. The number of aryl methyl sites for hydroxylation is 1. The van der Waals surface area contributed by atoms with Crippen molar-refractivity contribution >= 4 is 11.9 Å². The van der Waals surface area contributed by atoms with E-state index in [1.807, 2.05) is 7.05 Å². The molecule has 2 aromatic rings. The van der Waals surface area contributed by atoms with Crippen LogP contribution in [0.4, 0.5) is 8.78 Å². The molecular formula is C17H16F2N2O3. The number of carbonyl (C=O) groups excluding carboxylic acids is 1. The summed E-state index contributed by atoms with van der Waals surface area (Å²) in [6.07, 6.45) is 4.65. The fraction of sp³-hybridized carbons (Fsp3) is 0.294. The molecule has 0 atom stereocenters. The summed E-state index contributed by atoms with van der Waals surface area (Å²) in [6, 6.07) is 4.58. The molecule has 0 amide bonds. The lowest BCUT2D eigenvalue weighted by Gasteiger charge is -2.15. The van der Waals surface area contributed by atoms with Crippen LogP contribution in [0.5, 0.6) is 11.5 Å². The monoisotopic (exact) mass is 334 g/mol. The van der Waals surface area contributed by atoms with Gasteiger partial charge in [-0.15, -0.1) is 0 Å². The number of aromatic nitrogens is 2. The minimum Gasteiger partial charge on any atom is -0.493 e. The summed E-state index contributed by atoms with van der Waals surface area (Å²) in [7, 11) is 3.19. The van der Waals surface area contributed by atoms with Crippen molar-refractivity contribution in [3.05, 3.63) is 46.8 Å². The van der Waals surface area contributed by atoms with E-state index in [0.29, 0.717) is 23.1 Å². The van der Waals surface area contributed by atoms with Crippen LogP contribution in [0.1, 0.15) is 28.0 Å². The Morgan fingerprint density at radius 3 is 2.79 bits per heavy atom. The van der Waals surface area contributed by atoms with Gasteiger partial charge in [0, 0.05) is 18.3 Å². The number of hydrogen-bond donors (Lipinski definition) is 0. The van der Waals surface area contributed by atoms with E-state index in [9.17, 15) is 13.6 Å². The fourth-order valence-electron chi connectivity index (χ4n) is 2.79. The van der Waals surface area contributed by atoms with Crippen LogP contribution in [0.3, 0.4) is 0 Å². The van der Waals surface area contributed by atoms with E-state index < -0.39 is 6.61 Å². The Kier molecular flexibility index (Phi) is 4.33. The maximum atomic E-state index is 12.5. The fourth-order valence-corrected chi connectivity index (χ4v) is 2.79. The second-order valence-electron chi connectivity index (χ2n) is 5.42. The van der Waals surface area contributed by atoms with Gasteiger partial charge >= 0.3 is 6.61 Å². The van der Waals surface area contributed by atoms with Gasteiger partial charge in [0.15, 0.2) is 17.3 Å². The van der Waals surface area contributed by atoms with Crippen LogP contribution in [-0.2, 0) is 13.5 Å². The van der Waals surface area contributed by atoms with Crippen LogP contribution in [0, 0.1) is 0 Å². The van der Waals surface area contributed by atoms with E-state index in [0.717, 1.165) is 12.1 Å². The summed E-state index contributed by atoms with van der Waals surface area (Å²) in [5.74, 6) is 0.0883. The zero-order valence-corrected chi connectivity index (χ0v) is 13.3. The van der Waals surface area contributed by atoms with Crippen LogP contribution in [-0.4, -0.2) is 29.3 Å². The van der Waals surface area contributed by atoms with Crippen LogP contribution in [0.25, 0.3) is 6.08 Å². The highest BCUT2D eigenvalue weighted by Gasteiger charge is 2.25. The first-order valence-electron chi connectivity index (χ1n) is 7.38. The molecule has 7 heteroatoms. The average molecular weight is 334 g/mol. The molecule has 0 unspecified atom stereocenters. The summed E-state index contributed by atoms with van der Waals surface area (Å²) < 4.78 is 35.9. The number of methoxy groups -OCH3 is 1. The number of hydrogen-bond acceptors (Lipinski definition) is 4. The molecule has 1 aliphatic carbocycles. The smallest absolute Gasteiger partial charge is 0.387 e. The van der Waals surface area contributed by atoms with E-state index in [-0.39, 0.29) is 17.3 Å². The Bertz CT molecular complexity index is 812. The first-order valence-corrected chi connectivity index (χ1v) is 7.38. The molecule has 5 nitrogen and oxygen atoms in total. The van der Waals surface area contributed by atoms with Crippen LogP contribution < -0.4 is 9.47 Å². The van der Waals surface area contributed by atoms with Gasteiger partial charge < -0.3 is 9.47 Å². The lowest BCUT2D eigenvalue weighted by molar-refractivity contribution is -0.0512. The number of fused-ring (bicyclic) bond motifs is 1. The van der Waals surface area contributed by atoms with Crippen LogP contribution in [0.2, 0.25) is 0 Å². The molecule has 1 heterocycles. The summed E-state index contributed by atoms with van der Waals surface area (Å²) >= 11 is 0. The minimum absolute atomic E-state index is 0.0424. The van der Waals surface area contributed by atoms with Crippen molar-refractivity contribution in [2.75, 3.05) is 7.11 Å². The molecule has 0 fully saturated rings. The molecule has 1 aromatic heterocycles. The van der Waals surface area contributed by atoms with Gasteiger partial charge in [0.05, 0.1) is 18.9 Å². The van der Waals surface area contributed by atoms with Gasteiger partial charge in [0.2, 0.25) is 0 Å². The molecule has 24 heavy (non-hydrogen) atoms. The highest BCUT2D eigenvalue weighted by atomic mass is 19.3. The van der Waals surface area contributed by atoms with Crippen molar-refractivity contribution in [2.24, 2.45) is 7.05 Å². The number of halogens is 2.